The summed E-state index contributed by atoms with van der Waals surface area (Å²) in [6.07, 6.45) is 2.88. The first-order valence-corrected chi connectivity index (χ1v) is 13.4. The summed E-state index contributed by atoms with van der Waals surface area (Å²) in [5, 5.41) is 15.5. The van der Waals surface area contributed by atoms with E-state index in [9.17, 15) is 14.4 Å². The molecular formula is C29H35N7O4. The Labute approximate surface area is 233 Å². The van der Waals surface area contributed by atoms with E-state index in [-0.39, 0.29) is 24.9 Å². The maximum atomic E-state index is 13.5. The molecule has 0 saturated carbocycles. The smallest absolute Gasteiger partial charge is 0.410 e. The second-order valence-corrected chi connectivity index (χ2v) is 11.7. The fourth-order valence-corrected chi connectivity index (χ4v) is 5.31. The van der Waals surface area contributed by atoms with E-state index < -0.39 is 23.0 Å². The van der Waals surface area contributed by atoms with Crippen LogP contribution in [0.4, 0.5) is 4.79 Å². The largest absolute Gasteiger partial charge is 0.444 e. The van der Waals surface area contributed by atoms with E-state index in [1.165, 1.54) is 0 Å². The lowest BCUT2D eigenvalue weighted by Gasteiger charge is -2.50. The molecule has 4 heterocycles. The van der Waals surface area contributed by atoms with E-state index >= 15 is 0 Å². The topological polar surface area (TPSA) is 123 Å². The molecule has 3 amide bonds. The molecule has 1 spiro atoms. The van der Waals surface area contributed by atoms with E-state index in [1.807, 2.05) is 70.2 Å². The third-order valence-electron chi connectivity index (χ3n) is 7.28. The second-order valence-electron chi connectivity index (χ2n) is 11.7. The number of nitrogens with one attached hydrogen (secondary N) is 1. The van der Waals surface area contributed by atoms with Crippen LogP contribution in [-0.2, 0) is 22.6 Å². The van der Waals surface area contributed by atoms with Crippen LogP contribution >= 0.6 is 0 Å². The van der Waals surface area contributed by atoms with Gasteiger partial charge >= 0.3 is 6.09 Å². The summed E-state index contributed by atoms with van der Waals surface area (Å²) in [6.45, 7) is 9.36. The summed E-state index contributed by atoms with van der Waals surface area (Å²) in [4.78, 5) is 43.0. The number of benzene rings is 1. The van der Waals surface area contributed by atoms with Crippen molar-refractivity contribution in [3.8, 4) is 0 Å². The standard InChI is InChI=1S/C29H35N7O4/c1-20-10-11-23(33-32-20)13-30-25(37)24-16-34(17-29(24)18-35(19-29)27(39)40-28(2,3)4)26(38)22-12-31-36(15-22)14-21-8-6-5-7-9-21/h5-12,15,24H,13-14,16-19H2,1-4H3,(H,30,37)/t24-/m0/s1. The highest BCUT2D eigenvalue weighted by atomic mass is 16.6. The highest BCUT2D eigenvalue weighted by Gasteiger charge is 2.59. The summed E-state index contributed by atoms with van der Waals surface area (Å²) >= 11 is 0. The minimum atomic E-state index is -0.622. The van der Waals surface area contributed by atoms with Gasteiger partial charge in [0, 0.05) is 37.8 Å². The summed E-state index contributed by atoms with van der Waals surface area (Å²) in [5.74, 6) is -0.858. The SMILES string of the molecule is Cc1ccc(CNC(=O)[C@@H]2CN(C(=O)c3cnn(Cc4ccccc4)c3)CC23CN(C(=O)OC(C)(C)C)C3)nn1. The van der Waals surface area contributed by atoms with Crippen molar-refractivity contribution in [3.05, 3.63) is 77.4 Å². The molecule has 11 nitrogen and oxygen atoms in total. The molecular weight excluding hydrogens is 510 g/mol. The number of aromatic nitrogens is 4. The third kappa shape index (κ3) is 5.98. The van der Waals surface area contributed by atoms with Gasteiger partial charge in [0.15, 0.2) is 0 Å². The number of carbonyl (C=O) groups is 3. The normalized spacial score (nSPS) is 17.9. The Balaban J connectivity index is 1.29. The summed E-state index contributed by atoms with van der Waals surface area (Å²) in [6, 6.07) is 13.6. The van der Waals surface area contributed by atoms with E-state index in [1.54, 1.807) is 26.9 Å². The van der Waals surface area contributed by atoms with Gasteiger partial charge in [0.25, 0.3) is 5.91 Å². The van der Waals surface area contributed by atoms with Gasteiger partial charge in [0.05, 0.1) is 42.2 Å². The van der Waals surface area contributed by atoms with Crippen molar-refractivity contribution in [2.75, 3.05) is 26.2 Å². The average Bonchev–Trinajstić information content (AvgIpc) is 3.52. The number of aryl methyl sites for hydroxylation is 1. The van der Waals surface area contributed by atoms with Gasteiger partial charge in [0.2, 0.25) is 5.91 Å². The number of carbonyl (C=O) groups excluding carboxylic acids is 3. The fraction of sp³-hybridized carbons (Fsp3) is 0.448. The Morgan fingerprint density at radius 2 is 1.75 bits per heavy atom. The molecule has 0 radical (unpaired) electrons. The molecule has 1 N–H and O–H groups in total. The van der Waals surface area contributed by atoms with Crippen molar-refractivity contribution in [1.82, 2.24) is 35.1 Å². The highest BCUT2D eigenvalue weighted by Crippen LogP contribution is 2.45. The van der Waals surface area contributed by atoms with Gasteiger partial charge in [-0.15, -0.1) is 0 Å². The molecule has 2 saturated heterocycles. The van der Waals surface area contributed by atoms with E-state index in [0.29, 0.717) is 37.4 Å². The van der Waals surface area contributed by atoms with Crippen molar-refractivity contribution in [2.24, 2.45) is 11.3 Å². The number of ether oxygens (including phenoxy) is 1. The Hall–Kier alpha value is -4.28. The Morgan fingerprint density at radius 3 is 2.42 bits per heavy atom. The zero-order valence-corrected chi connectivity index (χ0v) is 23.3. The van der Waals surface area contributed by atoms with Gasteiger partial charge in [-0.25, -0.2) is 4.79 Å². The molecule has 210 valence electrons. The summed E-state index contributed by atoms with van der Waals surface area (Å²) < 4.78 is 7.26. The Bertz CT molecular complexity index is 1380. The summed E-state index contributed by atoms with van der Waals surface area (Å²) in [7, 11) is 0. The van der Waals surface area contributed by atoms with E-state index in [4.69, 9.17) is 4.74 Å². The second kappa shape index (κ2) is 10.7. The number of nitrogens with zero attached hydrogens (tertiary/aromatic N) is 6. The monoisotopic (exact) mass is 545 g/mol. The molecule has 1 aromatic carbocycles. The van der Waals surface area contributed by atoms with Crippen molar-refractivity contribution < 1.29 is 19.1 Å². The van der Waals surface area contributed by atoms with Crippen LogP contribution in [0.2, 0.25) is 0 Å². The fourth-order valence-electron chi connectivity index (χ4n) is 5.31. The first-order valence-electron chi connectivity index (χ1n) is 13.4. The van der Waals surface area contributed by atoms with Crippen LogP contribution in [0.25, 0.3) is 0 Å². The van der Waals surface area contributed by atoms with Gasteiger partial charge in [-0.3, -0.25) is 14.3 Å². The van der Waals surface area contributed by atoms with Crippen molar-refractivity contribution in [3.63, 3.8) is 0 Å². The Morgan fingerprint density at radius 1 is 1.02 bits per heavy atom. The minimum absolute atomic E-state index is 0.179. The molecule has 0 aliphatic carbocycles. The summed E-state index contributed by atoms with van der Waals surface area (Å²) in [5.41, 5.74) is 1.80. The van der Waals surface area contributed by atoms with Crippen LogP contribution < -0.4 is 5.32 Å². The zero-order valence-electron chi connectivity index (χ0n) is 23.3. The minimum Gasteiger partial charge on any atom is -0.444 e. The molecule has 11 heteroatoms. The highest BCUT2D eigenvalue weighted by molar-refractivity contribution is 5.95. The lowest BCUT2D eigenvalue weighted by atomic mass is 9.71. The van der Waals surface area contributed by atoms with Crippen LogP contribution in [0.5, 0.6) is 0 Å². The maximum Gasteiger partial charge on any atom is 0.410 e. The molecule has 2 fully saturated rings. The number of rotatable bonds is 6. The maximum absolute atomic E-state index is 13.5. The molecule has 2 aromatic heterocycles. The predicted molar refractivity (Wildman–Crippen MR) is 146 cm³/mol. The van der Waals surface area contributed by atoms with Crippen LogP contribution in [0.1, 0.15) is 48.1 Å². The van der Waals surface area contributed by atoms with Crippen LogP contribution in [0, 0.1) is 18.3 Å². The molecule has 2 aliphatic rings. The quantitative estimate of drug-likeness (QED) is 0.505. The van der Waals surface area contributed by atoms with Gasteiger partial charge in [0.1, 0.15) is 5.60 Å². The van der Waals surface area contributed by atoms with Crippen LogP contribution in [0.15, 0.2) is 54.9 Å². The van der Waals surface area contributed by atoms with Gasteiger partial charge in [-0.2, -0.15) is 15.3 Å². The van der Waals surface area contributed by atoms with E-state index in [2.05, 4.69) is 20.6 Å². The lowest BCUT2D eigenvalue weighted by Crippen LogP contribution is -2.64. The van der Waals surface area contributed by atoms with Crippen molar-refractivity contribution in [1.29, 1.82) is 0 Å². The van der Waals surface area contributed by atoms with E-state index in [0.717, 1.165) is 11.3 Å². The van der Waals surface area contributed by atoms with Crippen LogP contribution in [0.3, 0.4) is 0 Å². The van der Waals surface area contributed by atoms with Gasteiger partial charge < -0.3 is 19.9 Å². The molecule has 3 aromatic rings. The van der Waals surface area contributed by atoms with Gasteiger partial charge in [-0.1, -0.05) is 30.3 Å². The Kier molecular flexibility index (Phi) is 7.31. The third-order valence-corrected chi connectivity index (χ3v) is 7.28. The molecule has 1 atom stereocenters. The van der Waals surface area contributed by atoms with Crippen LogP contribution in [-0.4, -0.2) is 79.5 Å². The molecule has 0 bridgehead atoms. The molecule has 0 unspecified atom stereocenters. The predicted octanol–water partition coefficient (Wildman–Crippen LogP) is 2.66. The molecule has 5 rings (SSSR count). The van der Waals surface area contributed by atoms with Crippen molar-refractivity contribution >= 4 is 17.9 Å². The lowest BCUT2D eigenvalue weighted by molar-refractivity contribution is -0.132. The number of hydrogen-bond donors (Lipinski definition) is 1. The number of amides is 3. The molecule has 40 heavy (non-hydrogen) atoms. The average molecular weight is 546 g/mol. The van der Waals surface area contributed by atoms with Crippen molar-refractivity contribution in [2.45, 2.75) is 46.4 Å². The zero-order chi connectivity index (χ0) is 28.5. The first kappa shape index (κ1) is 27.3. The molecule has 2 aliphatic heterocycles. The van der Waals surface area contributed by atoms with Gasteiger partial charge in [-0.05, 0) is 45.4 Å². The first-order chi connectivity index (χ1) is 19.0. The number of likely N-dealkylation sites (tertiary alicyclic amines) is 2. The number of hydrogen-bond acceptors (Lipinski definition) is 7.